The van der Waals surface area contributed by atoms with E-state index in [9.17, 15) is 14.4 Å². The number of hydrogen-bond donors (Lipinski definition) is 0. The van der Waals surface area contributed by atoms with Crippen molar-refractivity contribution in [1.29, 1.82) is 0 Å². The predicted molar refractivity (Wildman–Crippen MR) is 164 cm³/mol. The quantitative estimate of drug-likeness (QED) is 0.181. The first kappa shape index (κ1) is 26.4. The van der Waals surface area contributed by atoms with Gasteiger partial charge in [-0.05, 0) is 29.8 Å². The number of ketones is 3. The minimum Gasteiger partial charge on any atom is -0.493 e. The van der Waals surface area contributed by atoms with Crippen LogP contribution >= 0.6 is 15.9 Å². The highest BCUT2D eigenvalue weighted by atomic mass is 79.9. The molecule has 42 heavy (non-hydrogen) atoms. The number of para-hydroxylation sites is 1. The van der Waals surface area contributed by atoms with Crippen molar-refractivity contribution in [2.45, 2.75) is 18.0 Å². The molecule has 208 valence electrons. The van der Waals surface area contributed by atoms with Gasteiger partial charge in [-0.3, -0.25) is 14.4 Å². The Morgan fingerprint density at radius 1 is 0.833 bits per heavy atom. The molecule has 0 radical (unpaired) electrons. The standard InChI is InChI=1S/C35H26BrNO5/c1-41-27-14-8-13-25(32(27)42-2)29-30(31(38)20-9-4-3-5-10-20)37-26-17-16-22(36)19-21(26)15-18-28(37)35(29)33(39)23-11-6-7-12-24(23)34(35)40/h3-19,28-30H,1-2H3. The maximum atomic E-state index is 14.8. The lowest BCUT2D eigenvalue weighted by Gasteiger charge is -2.37. The molecule has 1 aliphatic carbocycles. The average molecular weight is 620 g/mol. The van der Waals surface area contributed by atoms with E-state index < -0.39 is 23.4 Å². The summed E-state index contributed by atoms with van der Waals surface area (Å²) in [4.78, 5) is 46.4. The van der Waals surface area contributed by atoms with Crippen LogP contribution in [0.2, 0.25) is 0 Å². The Morgan fingerprint density at radius 3 is 2.19 bits per heavy atom. The van der Waals surface area contributed by atoms with Crippen LogP contribution in [-0.2, 0) is 0 Å². The van der Waals surface area contributed by atoms with E-state index in [1.54, 1.807) is 49.6 Å². The summed E-state index contributed by atoms with van der Waals surface area (Å²) in [5.41, 5.74) is 1.85. The topological polar surface area (TPSA) is 72.9 Å². The predicted octanol–water partition coefficient (Wildman–Crippen LogP) is 6.78. The van der Waals surface area contributed by atoms with Gasteiger partial charge in [0.25, 0.3) is 0 Å². The van der Waals surface area contributed by atoms with Crippen molar-refractivity contribution in [3.63, 3.8) is 0 Å². The molecule has 0 aromatic heterocycles. The lowest BCUT2D eigenvalue weighted by atomic mass is 9.64. The first-order valence-electron chi connectivity index (χ1n) is 13.7. The number of hydrogen-bond acceptors (Lipinski definition) is 6. The van der Waals surface area contributed by atoms with E-state index in [0.717, 1.165) is 15.7 Å². The molecule has 4 aromatic rings. The van der Waals surface area contributed by atoms with E-state index in [4.69, 9.17) is 9.47 Å². The molecular formula is C35H26BrNO5. The van der Waals surface area contributed by atoms with Gasteiger partial charge in [0.1, 0.15) is 11.5 Å². The Morgan fingerprint density at radius 2 is 1.52 bits per heavy atom. The third-order valence-corrected chi connectivity index (χ3v) is 9.35. The third kappa shape index (κ3) is 3.46. The molecule has 2 aliphatic heterocycles. The Kier molecular flexibility index (Phi) is 6.17. The summed E-state index contributed by atoms with van der Waals surface area (Å²) in [6.45, 7) is 0. The Bertz CT molecular complexity index is 1780. The van der Waals surface area contributed by atoms with Gasteiger partial charge in [-0.2, -0.15) is 0 Å². The summed E-state index contributed by atoms with van der Waals surface area (Å²) in [7, 11) is 3.07. The molecule has 7 rings (SSSR count). The normalized spacial score (nSPS) is 21.2. The van der Waals surface area contributed by atoms with Gasteiger partial charge in [0.15, 0.2) is 28.8 Å². The molecule has 6 nitrogen and oxygen atoms in total. The molecule has 0 amide bonds. The van der Waals surface area contributed by atoms with Crippen molar-refractivity contribution in [2.75, 3.05) is 19.1 Å². The summed E-state index contributed by atoms with van der Waals surface area (Å²) in [5.74, 6) is -0.814. The van der Waals surface area contributed by atoms with Crippen molar-refractivity contribution >= 4 is 45.0 Å². The average Bonchev–Trinajstić information content (AvgIpc) is 3.46. The number of Topliss-reactive ketones (excluding diaryl/α,β-unsaturated/α-hetero) is 3. The lowest BCUT2D eigenvalue weighted by Crippen LogP contribution is -2.48. The molecule has 7 heteroatoms. The SMILES string of the molecule is COc1cccc(C2C(C(=O)c3ccccc3)N3c4ccc(Br)cc4C=CC3C23C(=O)c2ccccc2C3=O)c1OC. The molecule has 1 fully saturated rings. The van der Waals surface area contributed by atoms with Gasteiger partial charge in [0, 0.05) is 38.3 Å². The maximum Gasteiger partial charge on any atom is 0.185 e. The van der Waals surface area contributed by atoms with Crippen LogP contribution in [0.15, 0.2) is 102 Å². The maximum absolute atomic E-state index is 14.8. The fourth-order valence-electron chi connectivity index (χ4n) is 7.22. The van der Waals surface area contributed by atoms with E-state index in [1.807, 2.05) is 65.6 Å². The summed E-state index contributed by atoms with van der Waals surface area (Å²) < 4.78 is 12.4. The Labute approximate surface area is 251 Å². The number of carbonyl (C=O) groups excluding carboxylic acids is 3. The fraction of sp³-hybridized carbons (Fsp3) is 0.171. The van der Waals surface area contributed by atoms with Crippen LogP contribution in [0.1, 0.15) is 48.1 Å². The van der Waals surface area contributed by atoms with Crippen molar-refractivity contribution in [3.8, 4) is 11.5 Å². The van der Waals surface area contributed by atoms with Crippen molar-refractivity contribution in [2.24, 2.45) is 5.41 Å². The monoisotopic (exact) mass is 619 g/mol. The number of nitrogens with zero attached hydrogens (tertiary/aromatic N) is 1. The number of carbonyl (C=O) groups is 3. The number of halogens is 1. The number of fused-ring (bicyclic) bond motifs is 5. The zero-order valence-corrected chi connectivity index (χ0v) is 24.5. The molecular weight excluding hydrogens is 594 g/mol. The summed E-state index contributed by atoms with van der Waals surface area (Å²) in [6, 6.07) is 25.6. The van der Waals surface area contributed by atoms with Gasteiger partial charge < -0.3 is 14.4 Å². The van der Waals surface area contributed by atoms with Gasteiger partial charge in [0.2, 0.25) is 0 Å². The molecule has 0 N–H and O–H groups in total. The van der Waals surface area contributed by atoms with E-state index in [2.05, 4.69) is 15.9 Å². The molecule has 4 aromatic carbocycles. The molecule has 2 heterocycles. The number of benzene rings is 4. The largest absolute Gasteiger partial charge is 0.493 e. The fourth-order valence-corrected chi connectivity index (χ4v) is 7.60. The van der Waals surface area contributed by atoms with Gasteiger partial charge >= 0.3 is 0 Å². The van der Waals surface area contributed by atoms with Crippen molar-refractivity contribution in [1.82, 2.24) is 0 Å². The number of methoxy groups -OCH3 is 2. The second-order valence-corrected chi connectivity index (χ2v) is 11.6. The van der Waals surface area contributed by atoms with Gasteiger partial charge in [0.05, 0.1) is 20.3 Å². The lowest BCUT2D eigenvalue weighted by molar-refractivity contribution is 0.0664. The molecule has 3 aliphatic rings. The highest BCUT2D eigenvalue weighted by Crippen LogP contribution is 2.62. The van der Waals surface area contributed by atoms with Crippen LogP contribution in [0, 0.1) is 5.41 Å². The minimum atomic E-state index is -1.63. The number of rotatable bonds is 5. The van der Waals surface area contributed by atoms with E-state index in [0.29, 0.717) is 33.8 Å². The van der Waals surface area contributed by atoms with Crippen molar-refractivity contribution in [3.05, 3.63) is 129 Å². The van der Waals surface area contributed by atoms with Crippen LogP contribution in [0.25, 0.3) is 6.08 Å². The second kappa shape index (κ2) is 9.81. The van der Waals surface area contributed by atoms with Crippen LogP contribution in [-0.4, -0.2) is 43.7 Å². The van der Waals surface area contributed by atoms with Crippen LogP contribution in [0.3, 0.4) is 0 Å². The molecule has 1 saturated heterocycles. The summed E-state index contributed by atoms with van der Waals surface area (Å²) in [6.07, 6.45) is 3.86. The highest BCUT2D eigenvalue weighted by Gasteiger charge is 2.72. The summed E-state index contributed by atoms with van der Waals surface area (Å²) in [5, 5.41) is 0. The smallest absolute Gasteiger partial charge is 0.185 e. The molecule has 3 unspecified atom stereocenters. The number of ether oxygens (including phenoxy) is 2. The zero-order chi connectivity index (χ0) is 29.2. The summed E-state index contributed by atoms with van der Waals surface area (Å²) >= 11 is 3.57. The van der Waals surface area contributed by atoms with E-state index in [-0.39, 0.29) is 17.3 Å². The van der Waals surface area contributed by atoms with Crippen LogP contribution in [0.4, 0.5) is 5.69 Å². The van der Waals surface area contributed by atoms with Crippen LogP contribution < -0.4 is 14.4 Å². The molecule has 1 spiro atoms. The van der Waals surface area contributed by atoms with Crippen LogP contribution in [0.5, 0.6) is 11.5 Å². The second-order valence-electron chi connectivity index (χ2n) is 10.7. The highest BCUT2D eigenvalue weighted by molar-refractivity contribution is 9.10. The molecule has 0 saturated carbocycles. The van der Waals surface area contributed by atoms with Gasteiger partial charge in [-0.15, -0.1) is 0 Å². The Hall–Kier alpha value is -4.49. The van der Waals surface area contributed by atoms with Gasteiger partial charge in [-0.25, -0.2) is 0 Å². The zero-order valence-electron chi connectivity index (χ0n) is 22.9. The Balaban J connectivity index is 1.59. The molecule has 3 atom stereocenters. The minimum absolute atomic E-state index is 0.187. The first-order valence-corrected chi connectivity index (χ1v) is 14.5. The third-order valence-electron chi connectivity index (χ3n) is 8.86. The first-order chi connectivity index (χ1) is 20.4. The van der Waals surface area contributed by atoms with Crippen molar-refractivity contribution < 1.29 is 23.9 Å². The number of anilines is 1. The van der Waals surface area contributed by atoms with E-state index in [1.165, 1.54) is 7.11 Å². The van der Waals surface area contributed by atoms with E-state index >= 15 is 0 Å². The van der Waals surface area contributed by atoms with Gasteiger partial charge in [-0.1, -0.05) is 94.8 Å². The molecule has 0 bridgehead atoms.